The summed E-state index contributed by atoms with van der Waals surface area (Å²) in [5, 5.41) is 0. The molecule has 0 N–H and O–H groups in total. The predicted octanol–water partition coefficient (Wildman–Crippen LogP) is -0.607. The van der Waals surface area contributed by atoms with E-state index in [1.807, 2.05) is 0 Å². The molecule has 0 bridgehead atoms. The molecule has 0 saturated heterocycles. The van der Waals surface area contributed by atoms with Crippen LogP contribution in [0.2, 0.25) is 0 Å². The fourth-order valence-corrected chi connectivity index (χ4v) is 1.38. The molecule has 0 aromatic carbocycles. The van der Waals surface area contributed by atoms with Crippen molar-refractivity contribution in [2.45, 2.75) is 0 Å². The normalized spacial score (nSPS) is 30.5. The molecule has 13 heavy (non-hydrogen) atoms. The highest BCUT2D eigenvalue weighted by Gasteiger charge is 2.60. The summed E-state index contributed by atoms with van der Waals surface area (Å²) in [6.45, 7) is 0. The van der Waals surface area contributed by atoms with Crippen molar-refractivity contribution >= 4 is 18.2 Å². The number of aldehydes is 1. The van der Waals surface area contributed by atoms with E-state index in [0.29, 0.717) is 6.29 Å². The second kappa shape index (κ2) is 3.55. The number of carbonyl (C=O) groups excluding carboxylic acids is 3. The zero-order chi connectivity index (χ0) is 10.0. The molecule has 0 aromatic rings. The smallest absolute Gasteiger partial charge is 0.310 e. The van der Waals surface area contributed by atoms with Gasteiger partial charge >= 0.3 is 11.9 Å². The summed E-state index contributed by atoms with van der Waals surface area (Å²) in [6, 6.07) is 0. The standard InChI is InChI=1S/C8H10O5/c1-12-7(10)5-4(3-9)6(5)8(11)13-2/h3-6H,1-2H3/t4?,5-,6?/m0/s1. The van der Waals surface area contributed by atoms with Crippen molar-refractivity contribution in [3.8, 4) is 0 Å². The van der Waals surface area contributed by atoms with Gasteiger partial charge in [-0.2, -0.15) is 0 Å². The van der Waals surface area contributed by atoms with Crippen LogP contribution in [0.15, 0.2) is 0 Å². The van der Waals surface area contributed by atoms with E-state index >= 15 is 0 Å². The van der Waals surface area contributed by atoms with Crippen LogP contribution in [0.3, 0.4) is 0 Å². The molecule has 1 fully saturated rings. The topological polar surface area (TPSA) is 69.7 Å². The first-order valence-electron chi connectivity index (χ1n) is 3.78. The highest BCUT2D eigenvalue weighted by molar-refractivity contribution is 5.93. The predicted molar refractivity (Wildman–Crippen MR) is 40.6 cm³/mol. The van der Waals surface area contributed by atoms with Crippen LogP contribution in [-0.2, 0) is 23.9 Å². The molecular weight excluding hydrogens is 176 g/mol. The molecule has 0 aromatic heterocycles. The van der Waals surface area contributed by atoms with Gasteiger partial charge in [0.05, 0.1) is 26.1 Å². The minimum absolute atomic E-state index is 0.535. The second-order valence-corrected chi connectivity index (χ2v) is 2.81. The number of hydrogen-bond donors (Lipinski definition) is 0. The van der Waals surface area contributed by atoms with Crippen molar-refractivity contribution < 1.29 is 23.9 Å². The molecule has 0 aliphatic heterocycles. The third-order valence-corrected chi connectivity index (χ3v) is 2.18. The molecule has 2 unspecified atom stereocenters. The Morgan fingerprint density at radius 3 is 1.69 bits per heavy atom. The van der Waals surface area contributed by atoms with Gasteiger partial charge in [0, 0.05) is 5.92 Å². The molecule has 1 saturated carbocycles. The van der Waals surface area contributed by atoms with Crippen LogP contribution >= 0.6 is 0 Å². The molecule has 0 heterocycles. The number of methoxy groups -OCH3 is 2. The third-order valence-electron chi connectivity index (χ3n) is 2.18. The van der Waals surface area contributed by atoms with Gasteiger partial charge in [0.2, 0.25) is 0 Å². The fraction of sp³-hybridized carbons (Fsp3) is 0.625. The van der Waals surface area contributed by atoms with Crippen LogP contribution in [-0.4, -0.2) is 32.4 Å². The van der Waals surface area contributed by atoms with Crippen molar-refractivity contribution in [3.63, 3.8) is 0 Å². The van der Waals surface area contributed by atoms with Gasteiger partial charge in [0.25, 0.3) is 0 Å². The molecule has 3 atom stereocenters. The summed E-state index contributed by atoms with van der Waals surface area (Å²) in [5.74, 6) is -2.93. The van der Waals surface area contributed by atoms with Crippen molar-refractivity contribution in [1.29, 1.82) is 0 Å². The maximum atomic E-state index is 11.0. The molecule has 0 radical (unpaired) electrons. The van der Waals surface area contributed by atoms with Crippen LogP contribution in [0.1, 0.15) is 0 Å². The van der Waals surface area contributed by atoms with E-state index in [1.54, 1.807) is 0 Å². The zero-order valence-electron chi connectivity index (χ0n) is 7.35. The monoisotopic (exact) mass is 186 g/mol. The summed E-state index contributed by atoms with van der Waals surface area (Å²) >= 11 is 0. The van der Waals surface area contributed by atoms with Crippen LogP contribution in [0.25, 0.3) is 0 Å². The summed E-state index contributed by atoms with van der Waals surface area (Å²) in [5.41, 5.74) is 0. The zero-order valence-corrected chi connectivity index (χ0v) is 7.35. The minimum Gasteiger partial charge on any atom is -0.469 e. The van der Waals surface area contributed by atoms with E-state index in [9.17, 15) is 14.4 Å². The van der Waals surface area contributed by atoms with Crippen molar-refractivity contribution in [2.24, 2.45) is 17.8 Å². The molecule has 72 valence electrons. The van der Waals surface area contributed by atoms with Crippen molar-refractivity contribution in [1.82, 2.24) is 0 Å². The maximum absolute atomic E-state index is 11.0. The average molecular weight is 186 g/mol. The summed E-state index contributed by atoms with van der Waals surface area (Å²) < 4.78 is 8.85. The van der Waals surface area contributed by atoms with Crippen LogP contribution < -0.4 is 0 Å². The number of hydrogen-bond acceptors (Lipinski definition) is 5. The molecule has 5 heteroatoms. The van der Waals surface area contributed by atoms with Gasteiger partial charge in [-0.1, -0.05) is 0 Å². The quantitative estimate of drug-likeness (QED) is 0.434. The lowest BCUT2D eigenvalue weighted by atomic mass is 10.3. The highest BCUT2D eigenvalue weighted by Crippen LogP contribution is 2.46. The summed E-state index contributed by atoms with van der Waals surface area (Å²) in [7, 11) is 2.44. The van der Waals surface area contributed by atoms with Crippen molar-refractivity contribution in [2.75, 3.05) is 14.2 Å². The van der Waals surface area contributed by atoms with E-state index in [1.165, 1.54) is 14.2 Å². The first-order chi connectivity index (χ1) is 6.17. The lowest BCUT2D eigenvalue weighted by Gasteiger charge is -1.95. The van der Waals surface area contributed by atoms with E-state index in [4.69, 9.17) is 0 Å². The Morgan fingerprint density at radius 1 is 1.08 bits per heavy atom. The highest BCUT2D eigenvalue weighted by atomic mass is 16.5. The number of rotatable bonds is 3. The number of ether oxygens (including phenoxy) is 2. The van der Waals surface area contributed by atoms with E-state index in [-0.39, 0.29) is 0 Å². The summed E-state index contributed by atoms with van der Waals surface area (Å²) in [6.07, 6.45) is 0.586. The number of carbonyl (C=O) groups is 3. The molecule has 1 aliphatic rings. The van der Waals surface area contributed by atoms with Gasteiger partial charge in [-0.15, -0.1) is 0 Å². The van der Waals surface area contributed by atoms with Crippen LogP contribution in [0.5, 0.6) is 0 Å². The Labute approximate surface area is 75.0 Å². The first-order valence-corrected chi connectivity index (χ1v) is 3.78. The Bertz CT molecular complexity index is 225. The van der Waals surface area contributed by atoms with Gasteiger partial charge in [-0.05, 0) is 0 Å². The lowest BCUT2D eigenvalue weighted by molar-refractivity contribution is -0.148. The lowest BCUT2D eigenvalue weighted by Crippen LogP contribution is -2.10. The van der Waals surface area contributed by atoms with Gasteiger partial charge in [0.1, 0.15) is 6.29 Å². The SMILES string of the molecule is COC(=O)C1C(C=O)[C@@H]1C(=O)OC. The van der Waals surface area contributed by atoms with E-state index in [0.717, 1.165) is 0 Å². The third kappa shape index (κ3) is 1.54. The largest absolute Gasteiger partial charge is 0.469 e. The fourth-order valence-electron chi connectivity index (χ4n) is 1.38. The van der Waals surface area contributed by atoms with E-state index in [2.05, 4.69) is 9.47 Å². The molecule has 1 rings (SSSR count). The van der Waals surface area contributed by atoms with Gasteiger partial charge in [-0.25, -0.2) is 0 Å². The van der Waals surface area contributed by atoms with Crippen molar-refractivity contribution in [3.05, 3.63) is 0 Å². The van der Waals surface area contributed by atoms with E-state index < -0.39 is 29.7 Å². The van der Waals surface area contributed by atoms with Crippen LogP contribution in [0.4, 0.5) is 0 Å². The van der Waals surface area contributed by atoms with Gasteiger partial charge < -0.3 is 14.3 Å². The van der Waals surface area contributed by atoms with Gasteiger partial charge in [0.15, 0.2) is 0 Å². The Hall–Kier alpha value is -1.39. The molecular formula is C8H10O5. The summed E-state index contributed by atoms with van der Waals surface area (Å²) in [4.78, 5) is 32.4. The second-order valence-electron chi connectivity index (χ2n) is 2.81. The molecule has 0 spiro atoms. The molecule has 1 aliphatic carbocycles. The average Bonchev–Trinajstić information content (AvgIpc) is 2.89. The molecule has 0 amide bonds. The maximum Gasteiger partial charge on any atom is 0.310 e. The van der Waals surface area contributed by atoms with Crippen LogP contribution in [0, 0.1) is 17.8 Å². The Kier molecular flexibility index (Phi) is 2.65. The Balaban J connectivity index is 2.64. The number of esters is 2. The first kappa shape index (κ1) is 9.70. The van der Waals surface area contributed by atoms with Gasteiger partial charge in [-0.3, -0.25) is 9.59 Å². The minimum atomic E-state index is -0.644. The molecule has 5 nitrogen and oxygen atoms in total. The Morgan fingerprint density at radius 2 is 1.46 bits per heavy atom.